The normalized spacial score (nSPS) is 15.0. The molecule has 126 valence electrons. The Bertz CT molecular complexity index is 779. The molecule has 0 aliphatic carbocycles. The van der Waals surface area contributed by atoms with Gasteiger partial charge in [0, 0.05) is 31.2 Å². The van der Waals surface area contributed by atoms with Crippen LogP contribution in [0.4, 0.5) is 16.4 Å². The number of H-pyrrole nitrogens is 1. The molecule has 3 N–H and O–H groups in total. The first-order chi connectivity index (χ1) is 11.6. The predicted molar refractivity (Wildman–Crippen MR) is 88.9 cm³/mol. The van der Waals surface area contributed by atoms with Gasteiger partial charge in [-0.25, -0.2) is 4.79 Å². The topological polar surface area (TPSA) is 108 Å². The molecular weight excluding hydrogens is 308 g/mol. The van der Waals surface area contributed by atoms with E-state index in [1.54, 1.807) is 6.07 Å². The Balaban J connectivity index is 1.64. The Labute approximate surface area is 139 Å². The first-order valence-corrected chi connectivity index (χ1v) is 7.88. The molecule has 2 aromatic heterocycles. The van der Waals surface area contributed by atoms with Gasteiger partial charge in [-0.15, -0.1) is 0 Å². The van der Waals surface area contributed by atoms with Gasteiger partial charge in [0.25, 0.3) is 0 Å². The molecule has 0 saturated carbocycles. The first kappa shape index (κ1) is 16.1. The van der Waals surface area contributed by atoms with E-state index in [0.717, 1.165) is 37.3 Å². The minimum absolute atomic E-state index is 0.302. The molecule has 0 unspecified atom stereocenters. The molecule has 0 spiro atoms. The number of rotatable bonds is 3. The third-order valence-corrected chi connectivity index (χ3v) is 4.27. The first-order valence-electron chi connectivity index (χ1n) is 7.88. The standard InChI is InChI=1S/C16H20N6O2/c1-10-11(2)18-15(13(10)9-17)20-16(23)19-14-3-6-22(21-14)12-4-7-24-8-5-12/h3,6,12,18H,4-5,7-8H2,1-2H3,(H2,19,20,21,23). The quantitative estimate of drug-likeness (QED) is 0.805. The van der Waals surface area contributed by atoms with Gasteiger partial charge >= 0.3 is 6.03 Å². The van der Waals surface area contributed by atoms with Crippen LogP contribution in [0.15, 0.2) is 12.3 Å². The fraction of sp³-hybridized carbons (Fsp3) is 0.438. The van der Waals surface area contributed by atoms with Crippen LogP contribution >= 0.6 is 0 Å². The molecule has 3 rings (SSSR count). The van der Waals surface area contributed by atoms with Gasteiger partial charge in [0.15, 0.2) is 5.82 Å². The number of nitrogens with zero attached hydrogens (tertiary/aromatic N) is 3. The van der Waals surface area contributed by atoms with Crippen molar-refractivity contribution in [1.29, 1.82) is 5.26 Å². The Morgan fingerprint density at radius 3 is 2.88 bits per heavy atom. The molecule has 1 aliphatic heterocycles. The molecule has 1 saturated heterocycles. The molecule has 3 heterocycles. The van der Waals surface area contributed by atoms with Gasteiger partial charge < -0.3 is 9.72 Å². The molecule has 0 bridgehead atoms. The van der Waals surface area contributed by atoms with E-state index in [4.69, 9.17) is 4.74 Å². The minimum atomic E-state index is -0.440. The average molecular weight is 328 g/mol. The third-order valence-electron chi connectivity index (χ3n) is 4.27. The lowest BCUT2D eigenvalue weighted by Crippen LogP contribution is -2.22. The van der Waals surface area contributed by atoms with E-state index < -0.39 is 6.03 Å². The minimum Gasteiger partial charge on any atom is -0.381 e. The molecule has 2 amide bonds. The fourth-order valence-corrected chi connectivity index (χ4v) is 2.77. The lowest BCUT2D eigenvalue weighted by Gasteiger charge is -2.22. The average Bonchev–Trinajstić information content (AvgIpc) is 3.13. The molecule has 0 atom stereocenters. The van der Waals surface area contributed by atoms with E-state index in [0.29, 0.717) is 23.2 Å². The van der Waals surface area contributed by atoms with Crippen molar-refractivity contribution >= 4 is 17.7 Å². The molecule has 8 heteroatoms. The molecule has 24 heavy (non-hydrogen) atoms. The van der Waals surface area contributed by atoms with Crippen molar-refractivity contribution in [1.82, 2.24) is 14.8 Å². The number of amides is 2. The number of carbonyl (C=O) groups is 1. The van der Waals surface area contributed by atoms with Crippen LogP contribution in [0.25, 0.3) is 0 Å². The highest BCUT2D eigenvalue weighted by atomic mass is 16.5. The molecule has 8 nitrogen and oxygen atoms in total. The maximum Gasteiger partial charge on any atom is 0.326 e. The van der Waals surface area contributed by atoms with Crippen molar-refractivity contribution in [3.8, 4) is 6.07 Å². The summed E-state index contributed by atoms with van der Waals surface area (Å²) in [6, 6.07) is 3.71. The molecule has 1 fully saturated rings. The summed E-state index contributed by atoms with van der Waals surface area (Å²) in [6.45, 7) is 5.16. The van der Waals surface area contributed by atoms with Gasteiger partial charge in [0.1, 0.15) is 11.9 Å². The van der Waals surface area contributed by atoms with Gasteiger partial charge in [-0.05, 0) is 32.3 Å². The van der Waals surface area contributed by atoms with Crippen LogP contribution in [0.1, 0.15) is 35.7 Å². The Morgan fingerprint density at radius 1 is 1.42 bits per heavy atom. The summed E-state index contributed by atoms with van der Waals surface area (Å²) >= 11 is 0. The van der Waals surface area contributed by atoms with Crippen molar-refractivity contribution in [2.24, 2.45) is 0 Å². The second-order valence-electron chi connectivity index (χ2n) is 5.84. The number of urea groups is 1. The van der Waals surface area contributed by atoms with E-state index >= 15 is 0 Å². The number of anilines is 2. The summed E-state index contributed by atoms with van der Waals surface area (Å²) in [7, 11) is 0. The summed E-state index contributed by atoms with van der Waals surface area (Å²) in [5, 5.41) is 18.9. The fourth-order valence-electron chi connectivity index (χ4n) is 2.77. The van der Waals surface area contributed by atoms with E-state index in [1.165, 1.54) is 0 Å². The Kier molecular flexibility index (Phi) is 4.53. The summed E-state index contributed by atoms with van der Waals surface area (Å²) in [4.78, 5) is 15.1. The van der Waals surface area contributed by atoms with E-state index in [2.05, 4.69) is 26.8 Å². The van der Waals surface area contributed by atoms with Gasteiger partial charge in [0.2, 0.25) is 0 Å². The van der Waals surface area contributed by atoms with E-state index in [-0.39, 0.29) is 0 Å². The van der Waals surface area contributed by atoms with Crippen molar-refractivity contribution in [3.63, 3.8) is 0 Å². The molecular formula is C16H20N6O2. The number of aromatic amines is 1. The lowest BCUT2D eigenvalue weighted by atomic mass is 10.1. The van der Waals surface area contributed by atoms with Crippen molar-refractivity contribution in [3.05, 3.63) is 29.1 Å². The number of aromatic nitrogens is 3. The van der Waals surface area contributed by atoms with Crippen molar-refractivity contribution < 1.29 is 9.53 Å². The molecule has 0 radical (unpaired) electrons. The van der Waals surface area contributed by atoms with Crippen LogP contribution in [-0.4, -0.2) is 34.0 Å². The number of aryl methyl sites for hydroxylation is 1. The van der Waals surface area contributed by atoms with Gasteiger partial charge in [-0.1, -0.05) is 0 Å². The Morgan fingerprint density at radius 2 is 2.17 bits per heavy atom. The SMILES string of the molecule is Cc1[nH]c(NC(=O)Nc2ccn(C3CCOCC3)n2)c(C#N)c1C. The zero-order chi connectivity index (χ0) is 17.1. The molecule has 1 aliphatic rings. The highest BCUT2D eigenvalue weighted by Crippen LogP contribution is 2.22. The summed E-state index contributed by atoms with van der Waals surface area (Å²) in [5.74, 6) is 0.867. The molecule has 0 aromatic carbocycles. The maximum atomic E-state index is 12.1. The number of nitrogens with one attached hydrogen (secondary N) is 3. The monoisotopic (exact) mass is 328 g/mol. The van der Waals surface area contributed by atoms with Crippen LogP contribution in [-0.2, 0) is 4.74 Å². The highest BCUT2D eigenvalue weighted by molar-refractivity contribution is 5.99. The zero-order valence-electron chi connectivity index (χ0n) is 13.7. The van der Waals surface area contributed by atoms with Gasteiger partial charge in [0.05, 0.1) is 11.6 Å². The van der Waals surface area contributed by atoms with Crippen LogP contribution in [0.2, 0.25) is 0 Å². The number of ether oxygens (including phenoxy) is 1. The van der Waals surface area contributed by atoms with Crippen LogP contribution in [0, 0.1) is 25.2 Å². The second kappa shape index (κ2) is 6.76. The second-order valence-corrected chi connectivity index (χ2v) is 5.84. The maximum absolute atomic E-state index is 12.1. The smallest absolute Gasteiger partial charge is 0.326 e. The number of hydrogen-bond acceptors (Lipinski definition) is 4. The van der Waals surface area contributed by atoms with Crippen LogP contribution in [0.3, 0.4) is 0 Å². The van der Waals surface area contributed by atoms with E-state index in [1.807, 2.05) is 24.7 Å². The zero-order valence-corrected chi connectivity index (χ0v) is 13.7. The largest absolute Gasteiger partial charge is 0.381 e. The Hall–Kier alpha value is -2.79. The lowest BCUT2D eigenvalue weighted by molar-refractivity contribution is 0.0663. The number of carbonyl (C=O) groups excluding carboxylic acids is 1. The number of nitriles is 1. The van der Waals surface area contributed by atoms with Gasteiger partial charge in [-0.3, -0.25) is 15.3 Å². The number of hydrogen-bond donors (Lipinski definition) is 3. The summed E-state index contributed by atoms with van der Waals surface area (Å²) in [5.41, 5.74) is 2.12. The summed E-state index contributed by atoms with van der Waals surface area (Å²) in [6.07, 6.45) is 3.69. The summed E-state index contributed by atoms with van der Waals surface area (Å²) < 4.78 is 7.20. The van der Waals surface area contributed by atoms with Gasteiger partial charge in [-0.2, -0.15) is 10.4 Å². The van der Waals surface area contributed by atoms with Crippen molar-refractivity contribution in [2.75, 3.05) is 23.8 Å². The van der Waals surface area contributed by atoms with Crippen LogP contribution < -0.4 is 10.6 Å². The third kappa shape index (κ3) is 3.26. The molecule has 2 aromatic rings. The van der Waals surface area contributed by atoms with E-state index in [9.17, 15) is 10.1 Å². The highest BCUT2D eigenvalue weighted by Gasteiger charge is 2.18. The predicted octanol–water partition coefficient (Wildman–Crippen LogP) is 2.70. The van der Waals surface area contributed by atoms with Crippen LogP contribution in [0.5, 0.6) is 0 Å². The van der Waals surface area contributed by atoms with Crippen molar-refractivity contribution in [2.45, 2.75) is 32.7 Å².